The van der Waals surface area contributed by atoms with Crippen molar-refractivity contribution in [3.63, 3.8) is 0 Å². The van der Waals surface area contributed by atoms with Crippen molar-refractivity contribution in [2.75, 3.05) is 37.7 Å². The van der Waals surface area contributed by atoms with Gasteiger partial charge in [-0.2, -0.15) is 0 Å². The molecule has 1 saturated heterocycles. The second kappa shape index (κ2) is 7.73. The van der Waals surface area contributed by atoms with E-state index in [1.54, 1.807) is 23.1 Å². The SMILES string of the molecule is O=C(COc1cc(Cl)ccc1Cl)N1CCN(c2cccc[nH+]2)CC1. The number of nitrogens with zero attached hydrogens (tertiary/aromatic N) is 2. The lowest BCUT2D eigenvalue weighted by molar-refractivity contribution is -0.364. The van der Waals surface area contributed by atoms with Gasteiger partial charge in [0.05, 0.1) is 24.3 Å². The first-order valence-electron chi connectivity index (χ1n) is 7.71. The van der Waals surface area contributed by atoms with Crippen molar-refractivity contribution < 1.29 is 14.5 Å². The number of piperazine rings is 1. The zero-order valence-corrected chi connectivity index (χ0v) is 14.6. The van der Waals surface area contributed by atoms with Gasteiger partial charge in [0.25, 0.3) is 11.7 Å². The minimum absolute atomic E-state index is 0.0441. The molecule has 1 aromatic carbocycles. The molecule has 0 saturated carbocycles. The van der Waals surface area contributed by atoms with E-state index >= 15 is 0 Å². The van der Waals surface area contributed by atoms with Crippen LogP contribution in [-0.4, -0.2) is 43.6 Å². The Morgan fingerprint density at radius 2 is 1.92 bits per heavy atom. The molecule has 2 aromatic rings. The summed E-state index contributed by atoms with van der Waals surface area (Å²) in [6, 6.07) is 10.9. The number of ether oxygens (including phenoxy) is 1. The highest BCUT2D eigenvalue weighted by molar-refractivity contribution is 6.34. The summed E-state index contributed by atoms with van der Waals surface area (Å²) < 4.78 is 5.52. The number of aromatic nitrogens is 1. The number of anilines is 1. The molecule has 0 radical (unpaired) electrons. The Hall–Kier alpha value is -1.98. The Morgan fingerprint density at radius 1 is 1.12 bits per heavy atom. The number of hydrogen-bond donors (Lipinski definition) is 0. The van der Waals surface area contributed by atoms with E-state index in [1.165, 1.54) is 0 Å². The first kappa shape index (κ1) is 16.9. The number of carbonyl (C=O) groups is 1. The summed E-state index contributed by atoms with van der Waals surface area (Å²) in [6.45, 7) is 2.84. The zero-order chi connectivity index (χ0) is 16.9. The van der Waals surface area contributed by atoms with E-state index in [2.05, 4.69) is 9.88 Å². The van der Waals surface area contributed by atoms with Gasteiger partial charge in [0, 0.05) is 17.2 Å². The summed E-state index contributed by atoms with van der Waals surface area (Å²) >= 11 is 11.9. The van der Waals surface area contributed by atoms with Crippen LogP contribution >= 0.6 is 23.2 Å². The third-order valence-corrected chi connectivity index (χ3v) is 4.46. The minimum atomic E-state index is -0.0530. The molecule has 0 atom stereocenters. The van der Waals surface area contributed by atoms with Crippen molar-refractivity contribution in [3.05, 3.63) is 52.6 Å². The lowest BCUT2D eigenvalue weighted by Gasteiger charge is -2.30. The number of nitrogens with one attached hydrogen (secondary N) is 1. The first-order chi connectivity index (χ1) is 11.6. The average Bonchev–Trinajstić information content (AvgIpc) is 2.63. The standard InChI is InChI=1S/C17H17Cl2N3O2/c18-13-4-5-14(19)15(11-13)24-12-17(23)22-9-7-21(8-10-22)16-3-1-2-6-20-16/h1-6,11H,7-10,12H2/p+1. The van der Waals surface area contributed by atoms with Crippen molar-refractivity contribution >= 4 is 34.9 Å². The molecule has 24 heavy (non-hydrogen) atoms. The molecule has 1 amide bonds. The molecule has 0 aliphatic carbocycles. The monoisotopic (exact) mass is 366 g/mol. The van der Waals surface area contributed by atoms with Crippen LogP contribution in [0, 0.1) is 0 Å². The molecule has 1 aliphatic heterocycles. The molecule has 1 N–H and O–H groups in total. The van der Waals surface area contributed by atoms with Gasteiger partial charge in [-0.1, -0.05) is 29.3 Å². The highest BCUT2D eigenvalue weighted by Gasteiger charge is 2.26. The fourth-order valence-electron chi connectivity index (χ4n) is 2.60. The maximum Gasteiger partial charge on any atom is 0.274 e. The molecule has 3 rings (SSSR count). The Kier molecular flexibility index (Phi) is 5.43. The maximum absolute atomic E-state index is 12.3. The number of halogens is 2. The number of pyridine rings is 1. The van der Waals surface area contributed by atoms with Gasteiger partial charge in [-0.05, 0) is 18.2 Å². The molecule has 0 unspecified atom stereocenters. The van der Waals surface area contributed by atoms with E-state index in [0.29, 0.717) is 28.9 Å². The number of hydrogen-bond acceptors (Lipinski definition) is 3. The second-order valence-corrected chi connectivity index (χ2v) is 6.32. The molecule has 1 aliphatic rings. The summed E-state index contributed by atoms with van der Waals surface area (Å²) in [5.41, 5.74) is 0. The molecule has 0 spiro atoms. The van der Waals surface area contributed by atoms with Crippen LogP contribution in [0.4, 0.5) is 5.82 Å². The van der Waals surface area contributed by atoms with Crippen LogP contribution in [-0.2, 0) is 4.79 Å². The summed E-state index contributed by atoms with van der Waals surface area (Å²) in [7, 11) is 0. The van der Waals surface area contributed by atoms with E-state index in [9.17, 15) is 4.79 Å². The van der Waals surface area contributed by atoms with Gasteiger partial charge in [0.15, 0.2) is 6.61 Å². The molecule has 126 valence electrons. The summed E-state index contributed by atoms with van der Waals surface area (Å²) in [6.07, 6.45) is 1.90. The summed E-state index contributed by atoms with van der Waals surface area (Å²) in [5.74, 6) is 1.43. The lowest BCUT2D eigenvalue weighted by Crippen LogP contribution is -2.51. The Balaban J connectivity index is 1.51. The van der Waals surface area contributed by atoms with E-state index in [4.69, 9.17) is 27.9 Å². The van der Waals surface area contributed by atoms with Crippen LogP contribution in [0.15, 0.2) is 42.6 Å². The number of H-pyrrole nitrogens is 1. The highest BCUT2D eigenvalue weighted by atomic mass is 35.5. The third kappa shape index (κ3) is 4.10. The molecule has 2 heterocycles. The number of rotatable bonds is 4. The van der Waals surface area contributed by atoms with Gasteiger partial charge in [-0.3, -0.25) is 9.69 Å². The normalized spacial score (nSPS) is 14.6. The predicted octanol–water partition coefficient (Wildman–Crippen LogP) is 2.54. The van der Waals surface area contributed by atoms with E-state index in [0.717, 1.165) is 18.9 Å². The van der Waals surface area contributed by atoms with Crippen LogP contribution in [0.25, 0.3) is 0 Å². The van der Waals surface area contributed by atoms with Crippen LogP contribution in [0.2, 0.25) is 10.0 Å². The lowest BCUT2D eigenvalue weighted by atomic mass is 10.3. The zero-order valence-electron chi connectivity index (χ0n) is 13.0. The van der Waals surface area contributed by atoms with Gasteiger partial charge in [0.2, 0.25) is 0 Å². The summed E-state index contributed by atoms with van der Waals surface area (Å²) in [5, 5.41) is 0.964. The van der Waals surface area contributed by atoms with Gasteiger partial charge in [0.1, 0.15) is 18.8 Å². The fraction of sp³-hybridized carbons (Fsp3) is 0.294. The molecule has 1 fully saturated rings. The Morgan fingerprint density at radius 3 is 2.62 bits per heavy atom. The van der Waals surface area contributed by atoms with Crippen molar-refractivity contribution in [2.24, 2.45) is 0 Å². The Bertz CT molecular complexity index is 704. The number of amides is 1. The van der Waals surface area contributed by atoms with Gasteiger partial charge in [-0.15, -0.1) is 0 Å². The van der Waals surface area contributed by atoms with Gasteiger partial charge in [-0.25, -0.2) is 4.98 Å². The van der Waals surface area contributed by atoms with Crippen LogP contribution in [0.5, 0.6) is 5.75 Å². The van der Waals surface area contributed by atoms with E-state index in [1.807, 2.05) is 24.4 Å². The fourth-order valence-corrected chi connectivity index (χ4v) is 2.93. The van der Waals surface area contributed by atoms with Gasteiger partial charge >= 0.3 is 0 Å². The maximum atomic E-state index is 12.3. The first-order valence-corrected chi connectivity index (χ1v) is 8.46. The Labute approximate surface area is 150 Å². The largest absolute Gasteiger partial charge is 0.482 e. The molecular formula is C17H18Cl2N3O2+. The number of benzene rings is 1. The minimum Gasteiger partial charge on any atom is -0.482 e. The summed E-state index contributed by atoms with van der Waals surface area (Å²) in [4.78, 5) is 19.5. The third-order valence-electron chi connectivity index (χ3n) is 3.91. The van der Waals surface area contributed by atoms with Crippen LogP contribution < -0.4 is 14.6 Å². The highest BCUT2D eigenvalue weighted by Crippen LogP contribution is 2.27. The number of carbonyl (C=O) groups excluding carboxylic acids is 1. The second-order valence-electron chi connectivity index (χ2n) is 5.48. The molecule has 1 aromatic heterocycles. The van der Waals surface area contributed by atoms with Gasteiger partial charge < -0.3 is 9.64 Å². The molecule has 5 nitrogen and oxygen atoms in total. The van der Waals surface area contributed by atoms with Crippen molar-refractivity contribution in [1.29, 1.82) is 0 Å². The van der Waals surface area contributed by atoms with Crippen LogP contribution in [0.1, 0.15) is 0 Å². The molecular weight excluding hydrogens is 349 g/mol. The van der Waals surface area contributed by atoms with Crippen LogP contribution in [0.3, 0.4) is 0 Å². The number of aromatic amines is 1. The topological polar surface area (TPSA) is 46.9 Å². The van der Waals surface area contributed by atoms with Crippen molar-refractivity contribution in [2.45, 2.75) is 0 Å². The predicted molar refractivity (Wildman–Crippen MR) is 93.7 cm³/mol. The quantitative estimate of drug-likeness (QED) is 0.835. The van der Waals surface area contributed by atoms with E-state index in [-0.39, 0.29) is 12.5 Å². The smallest absolute Gasteiger partial charge is 0.274 e. The van der Waals surface area contributed by atoms with Crippen molar-refractivity contribution in [3.8, 4) is 5.75 Å². The van der Waals surface area contributed by atoms with E-state index < -0.39 is 0 Å². The molecule has 0 bridgehead atoms. The molecule has 7 heteroatoms. The van der Waals surface area contributed by atoms with Crippen molar-refractivity contribution in [1.82, 2.24) is 4.90 Å². The average molecular weight is 367 g/mol.